The zero-order valence-corrected chi connectivity index (χ0v) is 21.6. The van der Waals surface area contributed by atoms with E-state index in [1.807, 2.05) is 26.8 Å². The Morgan fingerprint density at radius 3 is 2.42 bits per heavy atom. The van der Waals surface area contributed by atoms with Gasteiger partial charge in [0, 0.05) is 56.7 Å². The van der Waals surface area contributed by atoms with Crippen molar-refractivity contribution in [2.24, 2.45) is 0 Å². The number of nitrogens with one attached hydrogen (secondary N) is 2. The molecule has 0 bridgehead atoms. The molecule has 3 heterocycles. The van der Waals surface area contributed by atoms with Crippen molar-refractivity contribution in [3.8, 4) is 0 Å². The van der Waals surface area contributed by atoms with Gasteiger partial charge >= 0.3 is 5.69 Å². The van der Waals surface area contributed by atoms with Gasteiger partial charge in [0.25, 0.3) is 11.5 Å². The number of para-hydroxylation sites is 1. The molecule has 3 aromatic rings. The Morgan fingerprint density at radius 1 is 1.08 bits per heavy atom. The van der Waals surface area contributed by atoms with Crippen LogP contribution in [0.1, 0.15) is 56.1 Å². The van der Waals surface area contributed by atoms with Gasteiger partial charge in [-0.25, -0.2) is 9.78 Å². The lowest BCUT2D eigenvalue weighted by Crippen LogP contribution is -2.52. The molecule has 0 aliphatic carbocycles. The molecule has 4 rings (SSSR count). The molecule has 192 valence electrons. The van der Waals surface area contributed by atoms with Crippen LogP contribution >= 0.6 is 0 Å². The van der Waals surface area contributed by atoms with E-state index in [0.717, 1.165) is 26.2 Å². The number of amides is 1. The minimum atomic E-state index is -0.583. The molecule has 1 aliphatic heterocycles. The van der Waals surface area contributed by atoms with Crippen LogP contribution < -0.4 is 21.5 Å². The van der Waals surface area contributed by atoms with Crippen LogP contribution in [0.5, 0.6) is 0 Å². The fourth-order valence-corrected chi connectivity index (χ4v) is 4.72. The van der Waals surface area contributed by atoms with E-state index >= 15 is 0 Å². The number of nitrogens with zero attached hydrogens (tertiary/aromatic N) is 4. The third kappa shape index (κ3) is 5.36. The number of aromatic nitrogens is 3. The molecule has 36 heavy (non-hydrogen) atoms. The van der Waals surface area contributed by atoms with Crippen molar-refractivity contribution in [3.63, 3.8) is 0 Å². The third-order valence-electron chi connectivity index (χ3n) is 6.87. The molecule has 9 heteroatoms. The van der Waals surface area contributed by atoms with Crippen molar-refractivity contribution in [1.29, 1.82) is 0 Å². The number of carbonyl (C=O) groups is 1. The number of H-pyrrole nitrogens is 1. The average Bonchev–Trinajstić information content (AvgIpc) is 2.89. The largest absolute Gasteiger partial charge is 0.369 e. The summed E-state index contributed by atoms with van der Waals surface area (Å²) >= 11 is 0. The van der Waals surface area contributed by atoms with Gasteiger partial charge in [0.05, 0.1) is 10.9 Å². The van der Waals surface area contributed by atoms with E-state index in [-0.39, 0.29) is 34.5 Å². The molecule has 2 aromatic heterocycles. The highest BCUT2D eigenvalue weighted by Crippen LogP contribution is 2.20. The van der Waals surface area contributed by atoms with Gasteiger partial charge in [0.15, 0.2) is 5.65 Å². The lowest BCUT2D eigenvalue weighted by Gasteiger charge is -2.39. The first kappa shape index (κ1) is 25.6. The molecule has 1 saturated heterocycles. The Bertz CT molecular complexity index is 1320. The lowest BCUT2D eigenvalue weighted by atomic mass is 10.0. The second-order valence-electron chi connectivity index (χ2n) is 9.78. The van der Waals surface area contributed by atoms with Gasteiger partial charge in [-0.15, -0.1) is 0 Å². The molecule has 2 N–H and O–H groups in total. The molecular formula is C27H36N6O3. The maximum absolute atomic E-state index is 13.4. The van der Waals surface area contributed by atoms with Gasteiger partial charge in [-0.1, -0.05) is 39.0 Å². The molecule has 1 fully saturated rings. The van der Waals surface area contributed by atoms with Gasteiger partial charge in [-0.05, 0) is 37.5 Å². The van der Waals surface area contributed by atoms with Crippen LogP contribution in [0.15, 0.2) is 46.0 Å². The molecular weight excluding hydrogens is 456 g/mol. The number of anilines is 1. The predicted octanol–water partition coefficient (Wildman–Crippen LogP) is 2.56. The van der Waals surface area contributed by atoms with E-state index in [9.17, 15) is 14.4 Å². The predicted molar refractivity (Wildman–Crippen MR) is 143 cm³/mol. The first-order valence-corrected chi connectivity index (χ1v) is 12.8. The number of piperazine rings is 1. The van der Waals surface area contributed by atoms with Crippen LogP contribution in [0.3, 0.4) is 0 Å². The van der Waals surface area contributed by atoms with Crippen LogP contribution in [0.25, 0.3) is 11.0 Å². The van der Waals surface area contributed by atoms with Gasteiger partial charge < -0.3 is 10.2 Å². The quantitative estimate of drug-likeness (QED) is 0.501. The monoisotopic (exact) mass is 492 g/mol. The first-order valence-electron chi connectivity index (χ1n) is 12.8. The minimum absolute atomic E-state index is 0.0326. The van der Waals surface area contributed by atoms with Crippen molar-refractivity contribution in [2.75, 3.05) is 37.6 Å². The summed E-state index contributed by atoms with van der Waals surface area (Å²) in [6.45, 7) is 12.5. The second-order valence-corrected chi connectivity index (χ2v) is 9.78. The zero-order chi connectivity index (χ0) is 25.8. The van der Waals surface area contributed by atoms with E-state index in [0.29, 0.717) is 25.2 Å². The Balaban J connectivity index is 1.51. The van der Waals surface area contributed by atoms with Gasteiger partial charge in [-0.3, -0.25) is 24.0 Å². The summed E-state index contributed by atoms with van der Waals surface area (Å²) in [4.78, 5) is 50.3. The van der Waals surface area contributed by atoms with Crippen molar-refractivity contribution >= 4 is 22.6 Å². The molecule has 0 spiro atoms. The number of benzene rings is 1. The maximum atomic E-state index is 13.4. The SMILES string of the molecule is CCCn1c(=O)[nH]c(=O)c2c(C(=O)NCC(C)N3CCN(c4ccccc4)CC3)cc(C(C)C)nc21. The van der Waals surface area contributed by atoms with E-state index in [1.165, 1.54) is 10.3 Å². The standard InChI is InChI=1S/C27H36N6O3/c1-5-11-33-24-23(26(35)30-27(33)36)21(16-22(29-24)18(2)3)25(34)28-17-19(4)31-12-14-32(15-13-31)20-9-7-6-8-10-20/h6-10,16,18-19H,5,11-15,17H2,1-4H3,(H,28,34)(H,30,35,36). The topological polar surface area (TPSA) is 103 Å². The van der Waals surface area contributed by atoms with E-state index in [1.54, 1.807) is 6.07 Å². The number of aromatic amines is 1. The summed E-state index contributed by atoms with van der Waals surface area (Å²) in [7, 11) is 0. The van der Waals surface area contributed by atoms with Gasteiger partial charge in [0.1, 0.15) is 0 Å². The van der Waals surface area contributed by atoms with Gasteiger partial charge in [-0.2, -0.15) is 0 Å². The number of pyridine rings is 1. The van der Waals surface area contributed by atoms with Crippen molar-refractivity contribution in [1.82, 2.24) is 24.8 Å². The van der Waals surface area contributed by atoms with Crippen LogP contribution in [0.2, 0.25) is 0 Å². The smallest absolute Gasteiger partial charge is 0.329 e. The van der Waals surface area contributed by atoms with E-state index < -0.39 is 11.2 Å². The summed E-state index contributed by atoms with van der Waals surface area (Å²) in [5.41, 5.74) is 1.35. The summed E-state index contributed by atoms with van der Waals surface area (Å²) in [6.07, 6.45) is 0.700. The van der Waals surface area contributed by atoms with Crippen LogP contribution in [0.4, 0.5) is 5.69 Å². The molecule has 0 radical (unpaired) electrons. The highest BCUT2D eigenvalue weighted by atomic mass is 16.2. The Morgan fingerprint density at radius 2 is 1.78 bits per heavy atom. The van der Waals surface area contributed by atoms with E-state index in [2.05, 4.69) is 56.3 Å². The average molecular weight is 493 g/mol. The number of fused-ring (bicyclic) bond motifs is 1. The Labute approximate surface area is 211 Å². The molecule has 0 saturated carbocycles. The minimum Gasteiger partial charge on any atom is -0.369 e. The third-order valence-corrected chi connectivity index (χ3v) is 6.87. The zero-order valence-electron chi connectivity index (χ0n) is 21.6. The van der Waals surface area contributed by atoms with Crippen molar-refractivity contribution in [3.05, 3.63) is 68.5 Å². The maximum Gasteiger partial charge on any atom is 0.329 e. The number of carbonyl (C=O) groups excluding carboxylic acids is 1. The number of hydrogen-bond acceptors (Lipinski definition) is 6. The van der Waals surface area contributed by atoms with Crippen molar-refractivity contribution in [2.45, 2.75) is 52.6 Å². The van der Waals surface area contributed by atoms with Crippen LogP contribution in [0, 0.1) is 0 Å². The summed E-state index contributed by atoms with van der Waals surface area (Å²) in [5.74, 6) is -0.295. The normalized spacial score (nSPS) is 15.4. The molecule has 1 amide bonds. The fourth-order valence-electron chi connectivity index (χ4n) is 4.72. The van der Waals surface area contributed by atoms with E-state index in [4.69, 9.17) is 0 Å². The van der Waals surface area contributed by atoms with Gasteiger partial charge in [0.2, 0.25) is 0 Å². The second kappa shape index (κ2) is 11.1. The highest BCUT2D eigenvalue weighted by molar-refractivity contribution is 6.05. The first-order chi connectivity index (χ1) is 17.3. The molecule has 9 nitrogen and oxygen atoms in total. The number of rotatable bonds is 8. The summed E-state index contributed by atoms with van der Waals surface area (Å²) in [6, 6.07) is 12.2. The van der Waals surface area contributed by atoms with Crippen LogP contribution in [-0.2, 0) is 6.54 Å². The highest BCUT2D eigenvalue weighted by Gasteiger charge is 2.24. The summed E-state index contributed by atoms with van der Waals surface area (Å²) < 4.78 is 1.45. The van der Waals surface area contributed by atoms with Crippen LogP contribution in [-0.4, -0.2) is 64.1 Å². The lowest BCUT2D eigenvalue weighted by molar-refractivity contribution is 0.0935. The number of aryl methyl sites for hydroxylation is 1. The molecule has 1 atom stereocenters. The fraction of sp³-hybridized carbons (Fsp3) is 0.481. The molecule has 1 aromatic carbocycles. The molecule has 1 aliphatic rings. The summed E-state index contributed by atoms with van der Waals surface area (Å²) in [5, 5.41) is 3.19. The number of hydrogen-bond donors (Lipinski definition) is 2. The molecule has 1 unspecified atom stereocenters. The Kier molecular flexibility index (Phi) is 7.88. The Hall–Kier alpha value is -3.46. The van der Waals surface area contributed by atoms with Crippen molar-refractivity contribution < 1.29 is 4.79 Å².